The van der Waals surface area contributed by atoms with E-state index in [1.54, 1.807) is 11.3 Å². The smallest absolute Gasteiger partial charge is 0.310 e. The molecule has 1 unspecified atom stereocenters. The van der Waals surface area contributed by atoms with Crippen LogP contribution in [0.5, 0.6) is 0 Å². The molecule has 1 aliphatic rings. The number of piperidine rings is 1. The summed E-state index contributed by atoms with van der Waals surface area (Å²) in [5.41, 5.74) is 0. The molecular formula is C18H20FNO4S2. The number of esters is 1. The summed E-state index contributed by atoms with van der Waals surface area (Å²) in [5.74, 6) is -1.32. The predicted octanol–water partition coefficient (Wildman–Crippen LogP) is 3.07. The van der Waals surface area contributed by atoms with E-state index < -0.39 is 21.8 Å². The van der Waals surface area contributed by atoms with Gasteiger partial charge in [-0.15, -0.1) is 11.3 Å². The van der Waals surface area contributed by atoms with Gasteiger partial charge in [-0.25, -0.2) is 12.8 Å². The van der Waals surface area contributed by atoms with Crippen LogP contribution < -0.4 is 0 Å². The summed E-state index contributed by atoms with van der Waals surface area (Å²) in [5, 5.41) is 1.97. The van der Waals surface area contributed by atoms with Crippen molar-refractivity contribution in [3.05, 3.63) is 52.5 Å². The van der Waals surface area contributed by atoms with Crippen LogP contribution in [0.25, 0.3) is 0 Å². The number of nitrogens with zero attached hydrogens (tertiary/aromatic N) is 1. The van der Waals surface area contributed by atoms with Crippen LogP contribution >= 0.6 is 11.3 Å². The van der Waals surface area contributed by atoms with Gasteiger partial charge >= 0.3 is 5.97 Å². The molecule has 1 aromatic carbocycles. The molecule has 1 saturated heterocycles. The van der Waals surface area contributed by atoms with Crippen LogP contribution in [0.15, 0.2) is 46.7 Å². The lowest BCUT2D eigenvalue weighted by Crippen LogP contribution is -2.42. The van der Waals surface area contributed by atoms with Gasteiger partial charge in [-0.05, 0) is 48.6 Å². The highest BCUT2D eigenvalue weighted by Gasteiger charge is 2.34. The molecule has 8 heteroatoms. The molecule has 1 fully saturated rings. The van der Waals surface area contributed by atoms with Gasteiger partial charge in [-0.2, -0.15) is 4.31 Å². The van der Waals surface area contributed by atoms with Gasteiger partial charge in [0, 0.05) is 24.4 Å². The zero-order chi connectivity index (χ0) is 18.6. The number of halogens is 1. The largest absolute Gasteiger partial charge is 0.465 e. The first kappa shape index (κ1) is 19.0. The first-order valence-corrected chi connectivity index (χ1v) is 10.7. The predicted molar refractivity (Wildman–Crippen MR) is 96.9 cm³/mol. The lowest BCUT2D eigenvalue weighted by atomic mass is 10.00. The van der Waals surface area contributed by atoms with Crippen molar-refractivity contribution in [2.75, 3.05) is 19.7 Å². The third-order valence-corrected chi connectivity index (χ3v) is 7.16. The second kappa shape index (κ2) is 8.28. The van der Waals surface area contributed by atoms with E-state index in [1.165, 1.54) is 16.4 Å². The van der Waals surface area contributed by atoms with Crippen LogP contribution in [0.2, 0.25) is 0 Å². The summed E-state index contributed by atoms with van der Waals surface area (Å²) >= 11 is 1.61. The second-order valence-electron chi connectivity index (χ2n) is 6.15. The Morgan fingerprint density at radius 1 is 1.27 bits per heavy atom. The summed E-state index contributed by atoms with van der Waals surface area (Å²) < 4.78 is 45.0. The van der Waals surface area contributed by atoms with E-state index in [0.29, 0.717) is 32.4 Å². The van der Waals surface area contributed by atoms with E-state index in [-0.39, 0.29) is 17.4 Å². The first-order chi connectivity index (χ1) is 12.5. The molecule has 0 spiro atoms. The van der Waals surface area contributed by atoms with Gasteiger partial charge in [0.25, 0.3) is 0 Å². The van der Waals surface area contributed by atoms with Crippen molar-refractivity contribution in [3.63, 3.8) is 0 Å². The Labute approximate surface area is 156 Å². The second-order valence-corrected chi connectivity index (χ2v) is 9.12. The molecule has 3 rings (SSSR count). The van der Waals surface area contributed by atoms with Gasteiger partial charge in [0.05, 0.1) is 17.4 Å². The molecule has 26 heavy (non-hydrogen) atoms. The number of benzene rings is 1. The molecular weight excluding hydrogens is 377 g/mol. The number of sulfonamides is 1. The van der Waals surface area contributed by atoms with Gasteiger partial charge in [0.1, 0.15) is 5.82 Å². The van der Waals surface area contributed by atoms with Crippen LogP contribution in [-0.2, 0) is 26.0 Å². The number of carbonyl (C=O) groups excluding carboxylic acids is 1. The summed E-state index contributed by atoms with van der Waals surface area (Å²) in [7, 11) is -3.74. The Bertz CT molecular complexity index is 835. The van der Waals surface area contributed by atoms with Crippen molar-refractivity contribution in [1.82, 2.24) is 4.31 Å². The summed E-state index contributed by atoms with van der Waals surface area (Å²) in [4.78, 5) is 13.5. The van der Waals surface area contributed by atoms with E-state index in [0.717, 1.165) is 17.0 Å². The van der Waals surface area contributed by atoms with Crippen LogP contribution in [0.1, 0.15) is 17.7 Å². The number of thiophene rings is 1. The molecule has 140 valence electrons. The molecule has 0 aliphatic carbocycles. The minimum Gasteiger partial charge on any atom is -0.465 e. The molecule has 0 saturated carbocycles. The maximum absolute atomic E-state index is 13.0. The SMILES string of the molecule is O=C(OCCc1cccs1)C1CCCN(S(=O)(=O)c2ccc(F)cc2)C1. The summed E-state index contributed by atoms with van der Waals surface area (Å²) in [6, 6.07) is 8.65. The van der Waals surface area contributed by atoms with Crippen molar-refractivity contribution < 1.29 is 22.3 Å². The topological polar surface area (TPSA) is 63.7 Å². The molecule has 2 heterocycles. The molecule has 1 aromatic heterocycles. The Balaban J connectivity index is 1.59. The van der Waals surface area contributed by atoms with E-state index in [2.05, 4.69) is 0 Å². The van der Waals surface area contributed by atoms with E-state index >= 15 is 0 Å². The van der Waals surface area contributed by atoms with Crippen molar-refractivity contribution in [2.45, 2.75) is 24.2 Å². The third-order valence-electron chi connectivity index (χ3n) is 4.34. The van der Waals surface area contributed by atoms with Gasteiger partial charge in [-0.1, -0.05) is 6.07 Å². The minimum atomic E-state index is -3.74. The Kier molecular flexibility index (Phi) is 6.05. The van der Waals surface area contributed by atoms with E-state index in [4.69, 9.17) is 4.74 Å². The highest BCUT2D eigenvalue weighted by molar-refractivity contribution is 7.89. The molecule has 0 amide bonds. The summed E-state index contributed by atoms with van der Waals surface area (Å²) in [6.07, 6.45) is 1.85. The van der Waals surface area contributed by atoms with Gasteiger partial charge in [0.2, 0.25) is 10.0 Å². The van der Waals surface area contributed by atoms with Crippen molar-refractivity contribution in [2.24, 2.45) is 5.92 Å². The molecule has 5 nitrogen and oxygen atoms in total. The van der Waals surface area contributed by atoms with Crippen molar-refractivity contribution in [1.29, 1.82) is 0 Å². The fourth-order valence-corrected chi connectivity index (χ4v) is 5.15. The number of ether oxygens (including phenoxy) is 1. The highest BCUT2D eigenvalue weighted by atomic mass is 32.2. The lowest BCUT2D eigenvalue weighted by molar-refractivity contribution is -0.149. The average Bonchev–Trinajstić information content (AvgIpc) is 3.15. The third kappa shape index (κ3) is 4.49. The van der Waals surface area contributed by atoms with Crippen molar-refractivity contribution in [3.8, 4) is 0 Å². The number of hydrogen-bond acceptors (Lipinski definition) is 5. The Morgan fingerprint density at radius 2 is 2.04 bits per heavy atom. The van der Waals surface area contributed by atoms with Crippen molar-refractivity contribution >= 4 is 27.3 Å². The standard InChI is InChI=1S/C18H20FNO4S2/c19-15-5-7-17(8-6-15)26(22,23)20-10-1-3-14(13-20)18(21)24-11-9-16-4-2-12-25-16/h2,4-8,12,14H,1,3,9-11,13H2. The van der Waals surface area contributed by atoms with Crippen LogP contribution in [0, 0.1) is 11.7 Å². The molecule has 0 bridgehead atoms. The fourth-order valence-electron chi connectivity index (χ4n) is 2.93. The van der Waals surface area contributed by atoms with Gasteiger partial charge < -0.3 is 4.74 Å². The molecule has 0 N–H and O–H groups in total. The lowest BCUT2D eigenvalue weighted by Gasteiger charge is -2.30. The zero-order valence-corrected chi connectivity index (χ0v) is 15.8. The number of rotatable bonds is 6. The Morgan fingerprint density at radius 3 is 2.73 bits per heavy atom. The maximum Gasteiger partial charge on any atom is 0.310 e. The van der Waals surface area contributed by atoms with Crippen LogP contribution in [-0.4, -0.2) is 38.4 Å². The molecule has 2 aromatic rings. The van der Waals surface area contributed by atoms with E-state index in [1.807, 2.05) is 17.5 Å². The normalized spacial score (nSPS) is 18.6. The fraction of sp³-hybridized carbons (Fsp3) is 0.389. The van der Waals surface area contributed by atoms with Crippen LogP contribution in [0.3, 0.4) is 0 Å². The molecule has 1 aliphatic heterocycles. The monoisotopic (exact) mass is 397 g/mol. The maximum atomic E-state index is 13.0. The van der Waals surface area contributed by atoms with Gasteiger partial charge in [0.15, 0.2) is 0 Å². The van der Waals surface area contributed by atoms with E-state index in [9.17, 15) is 17.6 Å². The molecule has 1 atom stereocenters. The minimum absolute atomic E-state index is 0.0330. The molecule has 0 radical (unpaired) electrons. The van der Waals surface area contributed by atoms with Crippen LogP contribution in [0.4, 0.5) is 4.39 Å². The first-order valence-electron chi connectivity index (χ1n) is 8.41. The quantitative estimate of drug-likeness (QED) is 0.703. The summed E-state index contributed by atoms with van der Waals surface area (Å²) in [6.45, 7) is 0.733. The Hall–Kier alpha value is -1.77. The zero-order valence-electron chi connectivity index (χ0n) is 14.1. The number of hydrogen-bond donors (Lipinski definition) is 0. The number of carbonyl (C=O) groups is 1. The highest BCUT2D eigenvalue weighted by Crippen LogP contribution is 2.25. The average molecular weight is 397 g/mol. The van der Waals surface area contributed by atoms with Gasteiger partial charge in [-0.3, -0.25) is 4.79 Å².